The van der Waals surface area contributed by atoms with E-state index >= 15 is 0 Å². The van der Waals surface area contributed by atoms with E-state index in [1.54, 1.807) is 19.2 Å². The number of nitrogens with one attached hydrogen (secondary N) is 1. The Bertz CT molecular complexity index is 1730. The van der Waals surface area contributed by atoms with Crippen LogP contribution in [0.5, 0.6) is 5.75 Å². The van der Waals surface area contributed by atoms with Gasteiger partial charge in [0.05, 0.1) is 13.0 Å². The number of phenols is 1. The van der Waals surface area contributed by atoms with Crippen LogP contribution in [0.1, 0.15) is 22.8 Å². The number of esters is 1. The first-order valence-electron chi connectivity index (χ1n) is 14.3. The summed E-state index contributed by atoms with van der Waals surface area (Å²) in [5.41, 5.74) is 0.711. The first kappa shape index (κ1) is 31.0. The normalized spacial score (nSPS) is 19.1. The van der Waals surface area contributed by atoms with E-state index in [1.807, 2.05) is 60.7 Å². The molecule has 0 spiro atoms. The highest BCUT2D eigenvalue weighted by Crippen LogP contribution is 2.42. The SMILES string of the molecule is CO[C@@]1(NC(=O)Cc2ccc(O)cc2)C(=O)N2C(C(=O)OC(c3ccccc3)c3ccccc3)=C(CSc3nnnn3C)CO[C@@H]21. The van der Waals surface area contributed by atoms with E-state index in [1.165, 1.54) is 40.6 Å². The molecule has 2 aliphatic rings. The molecule has 0 unspecified atom stereocenters. The van der Waals surface area contributed by atoms with E-state index in [0.717, 1.165) is 11.1 Å². The standard InChI is InChI=1S/C32H30N6O7S/c1-37-31(34-35-36-37)46-19-23-18-44-30-32(43-2,33-25(40)17-20-13-15-24(39)16-14-20)29(42)38(30)26(23)28(41)45-27(21-9-5-3-6-10-21)22-11-7-4-8-12-22/h3-16,27,30,39H,17-19H2,1-2H3,(H,33,40)/t30-,32+/m1/s1. The number of carbonyl (C=O) groups excluding carboxylic acids is 3. The van der Waals surface area contributed by atoms with Gasteiger partial charge in [-0.15, -0.1) is 5.10 Å². The van der Waals surface area contributed by atoms with Gasteiger partial charge in [-0.25, -0.2) is 9.48 Å². The monoisotopic (exact) mass is 642 g/mol. The Hall–Kier alpha value is -5.05. The highest BCUT2D eigenvalue weighted by molar-refractivity contribution is 7.99. The highest BCUT2D eigenvalue weighted by atomic mass is 32.2. The maximum Gasteiger partial charge on any atom is 0.356 e. The Kier molecular flexibility index (Phi) is 8.83. The summed E-state index contributed by atoms with van der Waals surface area (Å²) in [4.78, 5) is 42.4. The van der Waals surface area contributed by atoms with Crippen LogP contribution in [-0.4, -0.2) is 79.4 Å². The number of aryl methyl sites for hydroxylation is 1. The third-order valence-electron chi connectivity index (χ3n) is 7.64. The minimum absolute atomic E-state index is 0.00111. The van der Waals surface area contributed by atoms with E-state index in [9.17, 15) is 19.5 Å². The smallest absolute Gasteiger partial charge is 0.356 e. The number of benzene rings is 3. The van der Waals surface area contributed by atoms with Gasteiger partial charge >= 0.3 is 5.97 Å². The van der Waals surface area contributed by atoms with E-state index in [0.29, 0.717) is 16.3 Å². The van der Waals surface area contributed by atoms with Gasteiger partial charge in [0.25, 0.3) is 11.6 Å². The van der Waals surface area contributed by atoms with Gasteiger partial charge in [0.2, 0.25) is 11.1 Å². The van der Waals surface area contributed by atoms with Crippen LogP contribution in [0.2, 0.25) is 0 Å². The summed E-state index contributed by atoms with van der Waals surface area (Å²) < 4.78 is 19.4. The summed E-state index contributed by atoms with van der Waals surface area (Å²) in [5.74, 6) is -1.67. The average Bonchev–Trinajstić information content (AvgIpc) is 3.50. The van der Waals surface area contributed by atoms with Crippen molar-refractivity contribution in [1.29, 1.82) is 0 Å². The van der Waals surface area contributed by atoms with Crippen molar-refractivity contribution >= 4 is 29.5 Å². The molecular formula is C32H30N6O7S. The minimum atomic E-state index is -1.87. The number of fused-ring (bicyclic) bond motifs is 1. The van der Waals surface area contributed by atoms with Crippen LogP contribution in [0.15, 0.2) is 101 Å². The molecule has 0 aliphatic carbocycles. The molecule has 1 saturated heterocycles. The van der Waals surface area contributed by atoms with Crippen LogP contribution in [-0.2, 0) is 42.1 Å². The quantitative estimate of drug-likeness (QED) is 0.107. The lowest BCUT2D eigenvalue weighted by molar-refractivity contribution is -0.258. The topological polar surface area (TPSA) is 158 Å². The number of aromatic hydroxyl groups is 1. The number of ether oxygens (including phenoxy) is 3. The first-order valence-corrected chi connectivity index (χ1v) is 15.3. The number of carbonyl (C=O) groups is 3. The maximum atomic E-state index is 14.2. The summed E-state index contributed by atoms with van der Waals surface area (Å²) in [5, 5.41) is 24.2. The van der Waals surface area contributed by atoms with Crippen LogP contribution in [0.4, 0.5) is 0 Å². The van der Waals surface area contributed by atoms with Gasteiger partial charge in [0, 0.05) is 19.9 Å². The van der Waals surface area contributed by atoms with Crippen LogP contribution in [0.3, 0.4) is 0 Å². The van der Waals surface area contributed by atoms with Crippen molar-refractivity contribution in [2.45, 2.75) is 29.6 Å². The fourth-order valence-corrected chi connectivity index (χ4v) is 6.18. The molecule has 6 rings (SSSR count). The fourth-order valence-electron chi connectivity index (χ4n) is 5.34. The van der Waals surface area contributed by atoms with Gasteiger partial charge in [-0.3, -0.25) is 14.5 Å². The summed E-state index contributed by atoms with van der Waals surface area (Å²) >= 11 is 1.26. The Morgan fingerprint density at radius 2 is 1.72 bits per heavy atom. The number of aromatic nitrogens is 4. The minimum Gasteiger partial charge on any atom is -0.508 e. The molecule has 4 aromatic rings. The predicted molar refractivity (Wildman–Crippen MR) is 164 cm³/mol. The zero-order valence-corrected chi connectivity index (χ0v) is 25.7. The van der Waals surface area contributed by atoms with Crippen molar-refractivity contribution in [2.24, 2.45) is 7.05 Å². The van der Waals surface area contributed by atoms with Crippen LogP contribution < -0.4 is 5.32 Å². The lowest BCUT2D eigenvalue weighted by Gasteiger charge is -2.55. The molecule has 46 heavy (non-hydrogen) atoms. The van der Waals surface area contributed by atoms with Crippen LogP contribution in [0.25, 0.3) is 0 Å². The highest BCUT2D eigenvalue weighted by Gasteiger charge is 2.67. The number of phenolic OH excluding ortho intramolecular Hbond substituents is 1. The summed E-state index contributed by atoms with van der Waals surface area (Å²) in [7, 11) is 2.98. The van der Waals surface area contributed by atoms with Gasteiger partial charge < -0.3 is 24.6 Å². The number of hydrogen-bond acceptors (Lipinski definition) is 11. The molecule has 0 saturated carbocycles. The third-order valence-corrected chi connectivity index (χ3v) is 8.73. The Labute approximate surface area is 268 Å². The Morgan fingerprint density at radius 1 is 1.07 bits per heavy atom. The number of thioether (sulfide) groups is 1. The van der Waals surface area contributed by atoms with E-state index in [4.69, 9.17) is 14.2 Å². The molecule has 0 radical (unpaired) electrons. The second kappa shape index (κ2) is 13.1. The van der Waals surface area contributed by atoms with Crippen molar-refractivity contribution in [3.05, 3.63) is 113 Å². The van der Waals surface area contributed by atoms with Gasteiger partial charge in [-0.2, -0.15) is 0 Å². The summed E-state index contributed by atoms with van der Waals surface area (Å²) in [6.07, 6.45) is -2.00. The second-order valence-electron chi connectivity index (χ2n) is 10.6. The van der Waals surface area contributed by atoms with Gasteiger partial charge in [0.15, 0.2) is 12.3 Å². The van der Waals surface area contributed by atoms with Crippen LogP contribution >= 0.6 is 11.8 Å². The summed E-state index contributed by atoms with van der Waals surface area (Å²) in [6.45, 7) is -0.0581. The number of hydrogen-bond donors (Lipinski definition) is 2. The molecule has 3 aromatic carbocycles. The Balaban J connectivity index is 1.30. The average molecular weight is 643 g/mol. The van der Waals surface area contributed by atoms with Crippen LogP contribution in [0, 0.1) is 0 Å². The lowest BCUT2D eigenvalue weighted by Crippen LogP contribution is -2.82. The number of β-lactam (4-membered cyclic amide) rings is 1. The second-order valence-corrected chi connectivity index (χ2v) is 11.5. The van der Waals surface area contributed by atoms with E-state index in [2.05, 4.69) is 20.8 Å². The van der Waals surface area contributed by atoms with Gasteiger partial charge in [0.1, 0.15) is 11.4 Å². The number of methoxy groups -OCH3 is 1. The van der Waals surface area contributed by atoms with Gasteiger partial charge in [-0.05, 0) is 44.8 Å². The number of tetrazole rings is 1. The van der Waals surface area contributed by atoms with E-state index in [-0.39, 0.29) is 30.2 Å². The molecule has 1 aromatic heterocycles. The fraction of sp³-hybridized carbons (Fsp3) is 0.250. The Morgan fingerprint density at radius 3 is 2.30 bits per heavy atom. The molecule has 2 atom stereocenters. The van der Waals surface area contributed by atoms with Crippen molar-refractivity contribution in [2.75, 3.05) is 19.5 Å². The number of nitrogens with zero attached hydrogens (tertiary/aromatic N) is 5. The molecule has 2 amide bonds. The zero-order valence-electron chi connectivity index (χ0n) is 24.9. The van der Waals surface area contributed by atoms with Crippen molar-refractivity contribution in [1.82, 2.24) is 30.4 Å². The number of rotatable bonds is 11. The molecule has 14 heteroatoms. The predicted octanol–water partition coefficient (Wildman–Crippen LogP) is 2.49. The molecular weight excluding hydrogens is 612 g/mol. The molecule has 3 heterocycles. The van der Waals surface area contributed by atoms with Gasteiger partial charge in [-0.1, -0.05) is 84.6 Å². The number of amides is 2. The van der Waals surface area contributed by atoms with E-state index < -0.39 is 35.8 Å². The molecule has 13 nitrogen and oxygen atoms in total. The van der Waals surface area contributed by atoms with Crippen molar-refractivity contribution in [3.8, 4) is 5.75 Å². The summed E-state index contributed by atoms with van der Waals surface area (Å²) in [6, 6.07) is 24.7. The van der Waals surface area contributed by atoms with Crippen molar-refractivity contribution < 1.29 is 33.7 Å². The molecule has 2 aliphatic heterocycles. The van der Waals surface area contributed by atoms with Crippen molar-refractivity contribution in [3.63, 3.8) is 0 Å². The largest absolute Gasteiger partial charge is 0.508 e. The molecule has 2 N–H and O–H groups in total. The molecule has 0 bridgehead atoms. The lowest BCUT2D eigenvalue weighted by atomic mass is 9.94. The zero-order chi connectivity index (χ0) is 32.3. The first-order chi connectivity index (χ1) is 22.3. The molecule has 1 fully saturated rings. The molecule has 236 valence electrons. The maximum absolute atomic E-state index is 14.2. The third kappa shape index (κ3) is 5.97.